The van der Waals surface area contributed by atoms with Crippen molar-refractivity contribution in [2.45, 2.75) is 57.3 Å². The highest BCUT2D eigenvalue weighted by atomic mass is 35.5. The summed E-state index contributed by atoms with van der Waals surface area (Å²) >= 11 is 12.1. The minimum absolute atomic E-state index is 0.0625. The van der Waals surface area contributed by atoms with Crippen LogP contribution in [-0.2, 0) is 17.5 Å². The first kappa shape index (κ1) is 29.7. The Labute approximate surface area is 240 Å². The number of rotatable bonds is 8. The Kier molecular flexibility index (Phi) is 9.64. The second kappa shape index (κ2) is 13.0. The van der Waals surface area contributed by atoms with Gasteiger partial charge in [0.2, 0.25) is 5.91 Å². The number of phenols is 1. The highest BCUT2D eigenvalue weighted by molar-refractivity contribution is 6.42. The van der Waals surface area contributed by atoms with Crippen LogP contribution in [0.3, 0.4) is 0 Å². The molecule has 40 heavy (non-hydrogen) atoms. The van der Waals surface area contributed by atoms with Crippen molar-refractivity contribution in [2.24, 2.45) is 5.92 Å². The van der Waals surface area contributed by atoms with Crippen LogP contribution in [0.25, 0.3) is 11.1 Å². The topological polar surface area (TPSA) is 78.4 Å². The fourth-order valence-electron chi connectivity index (χ4n) is 4.97. The minimum Gasteiger partial charge on any atom is -0.507 e. The molecule has 3 N–H and O–H groups in total. The van der Waals surface area contributed by atoms with E-state index in [0.29, 0.717) is 33.2 Å². The summed E-state index contributed by atoms with van der Waals surface area (Å²) < 4.78 is 39.3. The number of phenolic OH excluding ortho intramolecular Hbond substituents is 1. The molecule has 0 bridgehead atoms. The summed E-state index contributed by atoms with van der Waals surface area (Å²) in [5.74, 6) is -0.811. The van der Waals surface area contributed by atoms with Crippen molar-refractivity contribution >= 4 is 35.0 Å². The van der Waals surface area contributed by atoms with Crippen molar-refractivity contribution in [3.63, 3.8) is 0 Å². The SMILES string of the molecule is O=C(N[C@@H](CC1CCCCC1)C(=O)NCc1cccc(C(F)(F)F)c1)c1ccc(O)c(-c2ccc(Cl)c(Cl)c2)c1. The van der Waals surface area contributed by atoms with Crippen LogP contribution in [-0.4, -0.2) is 23.0 Å². The normalized spacial score (nSPS) is 14.9. The molecule has 3 aromatic rings. The van der Waals surface area contributed by atoms with E-state index in [0.717, 1.165) is 44.2 Å². The minimum atomic E-state index is -4.49. The molecule has 1 atom stereocenters. The summed E-state index contributed by atoms with van der Waals surface area (Å²) in [4.78, 5) is 26.5. The average molecular weight is 593 g/mol. The van der Waals surface area contributed by atoms with Crippen LogP contribution in [0.5, 0.6) is 5.75 Å². The molecule has 10 heteroatoms. The molecule has 1 aliphatic carbocycles. The van der Waals surface area contributed by atoms with E-state index in [1.807, 2.05) is 0 Å². The maximum Gasteiger partial charge on any atom is 0.416 e. The first-order chi connectivity index (χ1) is 19.0. The number of amides is 2. The predicted molar refractivity (Wildman–Crippen MR) is 149 cm³/mol. The molecule has 3 aromatic carbocycles. The van der Waals surface area contributed by atoms with E-state index in [4.69, 9.17) is 23.2 Å². The number of hydrogen-bond donors (Lipinski definition) is 3. The van der Waals surface area contributed by atoms with Gasteiger partial charge in [0.25, 0.3) is 5.91 Å². The van der Waals surface area contributed by atoms with Gasteiger partial charge in [-0.2, -0.15) is 13.2 Å². The van der Waals surface area contributed by atoms with Crippen LogP contribution < -0.4 is 10.6 Å². The molecular weight excluding hydrogens is 564 g/mol. The molecule has 0 unspecified atom stereocenters. The number of carbonyl (C=O) groups excluding carboxylic acids is 2. The van der Waals surface area contributed by atoms with Gasteiger partial charge < -0.3 is 15.7 Å². The lowest BCUT2D eigenvalue weighted by molar-refractivity contribution is -0.137. The number of hydrogen-bond acceptors (Lipinski definition) is 3. The zero-order valence-corrected chi connectivity index (χ0v) is 23.0. The molecule has 1 aliphatic rings. The summed E-state index contributed by atoms with van der Waals surface area (Å²) in [5, 5.41) is 16.6. The average Bonchev–Trinajstić information content (AvgIpc) is 2.93. The van der Waals surface area contributed by atoms with E-state index in [1.54, 1.807) is 18.2 Å². The molecule has 4 rings (SSSR count). The third-order valence-corrected chi connectivity index (χ3v) is 7.87. The molecule has 0 aliphatic heterocycles. The van der Waals surface area contributed by atoms with Crippen molar-refractivity contribution in [3.05, 3.63) is 87.4 Å². The van der Waals surface area contributed by atoms with Gasteiger partial charge in [0, 0.05) is 17.7 Å². The van der Waals surface area contributed by atoms with E-state index in [1.165, 1.54) is 30.3 Å². The Balaban J connectivity index is 1.51. The first-order valence-electron chi connectivity index (χ1n) is 13.0. The van der Waals surface area contributed by atoms with Crippen LogP contribution in [0.15, 0.2) is 60.7 Å². The summed E-state index contributed by atoms with van der Waals surface area (Å²) in [6.45, 7) is -0.111. The van der Waals surface area contributed by atoms with Crippen molar-refractivity contribution in [3.8, 4) is 16.9 Å². The maximum absolute atomic E-state index is 13.3. The number of aromatic hydroxyl groups is 1. The van der Waals surface area contributed by atoms with Crippen molar-refractivity contribution in [1.82, 2.24) is 10.6 Å². The molecule has 2 amide bonds. The zero-order valence-electron chi connectivity index (χ0n) is 21.5. The van der Waals surface area contributed by atoms with Gasteiger partial charge in [-0.15, -0.1) is 0 Å². The number of alkyl halides is 3. The first-order valence-corrected chi connectivity index (χ1v) is 13.8. The van der Waals surface area contributed by atoms with Gasteiger partial charge in [-0.05, 0) is 65.9 Å². The largest absolute Gasteiger partial charge is 0.507 e. The lowest BCUT2D eigenvalue weighted by Gasteiger charge is -2.27. The Morgan fingerprint density at radius 1 is 0.950 bits per heavy atom. The lowest BCUT2D eigenvalue weighted by atomic mass is 9.84. The molecule has 1 saturated carbocycles. The molecular formula is C30H29Cl2F3N2O3. The summed E-state index contributed by atoms with van der Waals surface area (Å²) in [7, 11) is 0. The van der Waals surface area contributed by atoms with Crippen LogP contribution in [0, 0.1) is 5.92 Å². The van der Waals surface area contributed by atoms with Crippen LogP contribution >= 0.6 is 23.2 Å². The quantitative estimate of drug-likeness (QED) is 0.250. The standard InChI is InChI=1S/C30H29Cl2F3N2O3/c31-24-11-9-20(16-25(24)32)23-15-21(10-12-27(23)38)28(39)37-26(14-18-5-2-1-3-6-18)29(40)36-17-19-7-4-8-22(13-19)30(33,34)35/h4,7-13,15-16,18,26,38H,1-3,5-6,14,17H2,(H,36,40)(H,37,39)/t26-/m0/s1. The van der Waals surface area contributed by atoms with Crippen molar-refractivity contribution < 1.29 is 27.9 Å². The zero-order chi connectivity index (χ0) is 28.9. The van der Waals surface area contributed by atoms with Crippen LogP contribution in [0.2, 0.25) is 10.0 Å². The fourth-order valence-corrected chi connectivity index (χ4v) is 5.27. The lowest BCUT2D eigenvalue weighted by Crippen LogP contribution is -2.47. The van der Waals surface area contributed by atoms with Gasteiger partial charge >= 0.3 is 6.18 Å². The molecule has 0 heterocycles. The van der Waals surface area contributed by atoms with Gasteiger partial charge in [0.15, 0.2) is 0 Å². The predicted octanol–water partition coefficient (Wildman–Crippen LogP) is 7.77. The fraction of sp³-hybridized carbons (Fsp3) is 0.333. The van der Waals surface area contributed by atoms with E-state index in [2.05, 4.69) is 10.6 Å². The van der Waals surface area contributed by atoms with E-state index >= 15 is 0 Å². The van der Waals surface area contributed by atoms with E-state index in [-0.39, 0.29) is 23.8 Å². The van der Waals surface area contributed by atoms with E-state index < -0.39 is 29.6 Å². The van der Waals surface area contributed by atoms with Gasteiger partial charge in [-0.25, -0.2) is 0 Å². The highest BCUT2D eigenvalue weighted by Crippen LogP contribution is 2.34. The maximum atomic E-state index is 13.3. The van der Waals surface area contributed by atoms with Crippen molar-refractivity contribution in [2.75, 3.05) is 0 Å². The Bertz CT molecular complexity index is 1370. The molecule has 1 fully saturated rings. The van der Waals surface area contributed by atoms with Crippen molar-refractivity contribution in [1.29, 1.82) is 0 Å². The number of benzene rings is 3. The molecule has 5 nitrogen and oxygen atoms in total. The summed E-state index contributed by atoms with van der Waals surface area (Å²) in [6.07, 6.45) is 1.02. The summed E-state index contributed by atoms with van der Waals surface area (Å²) in [6, 6.07) is 13.0. The third-order valence-electron chi connectivity index (χ3n) is 7.13. The molecule has 0 radical (unpaired) electrons. The van der Waals surface area contributed by atoms with Gasteiger partial charge in [0.1, 0.15) is 11.8 Å². The molecule has 0 spiro atoms. The Hall–Kier alpha value is -3.23. The van der Waals surface area contributed by atoms with E-state index in [9.17, 15) is 27.9 Å². The van der Waals surface area contributed by atoms with Crippen LogP contribution in [0.1, 0.15) is 60.0 Å². The summed E-state index contributed by atoms with van der Waals surface area (Å²) in [5.41, 5.74) is 0.647. The van der Waals surface area contributed by atoms with Gasteiger partial charge in [0.05, 0.1) is 15.6 Å². The third kappa shape index (κ3) is 7.70. The van der Waals surface area contributed by atoms with Crippen LogP contribution in [0.4, 0.5) is 13.2 Å². The number of halogens is 5. The highest BCUT2D eigenvalue weighted by Gasteiger charge is 2.31. The monoisotopic (exact) mass is 592 g/mol. The number of carbonyl (C=O) groups is 2. The molecule has 0 aromatic heterocycles. The van der Waals surface area contributed by atoms with Gasteiger partial charge in [-0.1, -0.05) is 73.5 Å². The van der Waals surface area contributed by atoms with Gasteiger partial charge in [-0.3, -0.25) is 9.59 Å². The second-order valence-corrected chi connectivity index (χ2v) is 10.9. The Morgan fingerprint density at radius 3 is 2.40 bits per heavy atom. The molecule has 0 saturated heterocycles. The number of nitrogens with one attached hydrogen (secondary N) is 2. The smallest absolute Gasteiger partial charge is 0.416 e. The Morgan fingerprint density at radius 2 is 1.70 bits per heavy atom. The second-order valence-electron chi connectivity index (χ2n) is 10.0. The molecule has 212 valence electrons.